The number of carbonyl (C=O) groups excluding carboxylic acids is 1. The molecule has 0 aliphatic rings. The third kappa shape index (κ3) is 2.70. The molecule has 0 unspecified atom stereocenters. The van der Waals surface area contributed by atoms with Gasteiger partial charge >= 0.3 is 5.69 Å². The summed E-state index contributed by atoms with van der Waals surface area (Å²) < 4.78 is 6.10. The highest BCUT2D eigenvalue weighted by atomic mass is 16.6. The van der Waals surface area contributed by atoms with Crippen molar-refractivity contribution in [1.82, 2.24) is 9.78 Å². The number of nitro groups is 1. The van der Waals surface area contributed by atoms with Gasteiger partial charge in [-0.1, -0.05) is 18.2 Å². The Bertz CT molecular complexity index is 565. The molecule has 0 atom stereocenters. The summed E-state index contributed by atoms with van der Waals surface area (Å²) in [7, 11) is 0. The fourth-order valence-electron chi connectivity index (χ4n) is 1.27. The van der Waals surface area contributed by atoms with Crippen molar-refractivity contribution in [3.05, 3.63) is 52.8 Å². The van der Waals surface area contributed by atoms with E-state index in [1.807, 2.05) is 6.07 Å². The minimum absolute atomic E-state index is 0.233. The molecule has 0 N–H and O–H groups in total. The van der Waals surface area contributed by atoms with Crippen molar-refractivity contribution >= 4 is 11.6 Å². The Balaban J connectivity index is 1.97. The second-order valence-corrected chi connectivity index (χ2v) is 3.40. The van der Waals surface area contributed by atoms with E-state index in [0.29, 0.717) is 5.75 Å². The SMILES string of the molecule is O=C(COc1ccccc1)n1cc([N+](=O)[O-])cn1. The molecule has 2 rings (SSSR count). The zero-order valence-electron chi connectivity index (χ0n) is 9.22. The third-order valence-corrected chi connectivity index (χ3v) is 2.14. The lowest BCUT2D eigenvalue weighted by Crippen LogP contribution is -2.19. The van der Waals surface area contributed by atoms with Gasteiger partial charge in [0, 0.05) is 0 Å². The molecular weight excluding hydrogens is 238 g/mol. The second kappa shape index (κ2) is 5.09. The van der Waals surface area contributed by atoms with Gasteiger partial charge in [-0.3, -0.25) is 14.9 Å². The Kier molecular flexibility index (Phi) is 3.33. The lowest BCUT2D eigenvalue weighted by atomic mass is 10.3. The van der Waals surface area contributed by atoms with E-state index in [2.05, 4.69) is 5.10 Å². The van der Waals surface area contributed by atoms with E-state index < -0.39 is 10.8 Å². The number of hydrogen-bond donors (Lipinski definition) is 0. The molecule has 92 valence electrons. The van der Waals surface area contributed by atoms with Gasteiger partial charge in [-0.05, 0) is 12.1 Å². The van der Waals surface area contributed by atoms with E-state index in [-0.39, 0.29) is 12.3 Å². The summed E-state index contributed by atoms with van der Waals surface area (Å²) in [5.74, 6) is 0.0689. The minimum Gasteiger partial charge on any atom is -0.484 e. The molecule has 0 aliphatic carbocycles. The Labute approximate surface area is 102 Å². The molecule has 0 saturated heterocycles. The number of benzene rings is 1. The van der Waals surface area contributed by atoms with Crippen LogP contribution in [0.15, 0.2) is 42.7 Å². The molecule has 0 amide bonds. The highest BCUT2D eigenvalue weighted by Crippen LogP contribution is 2.10. The molecule has 0 aliphatic heterocycles. The van der Waals surface area contributed by atoms with Gasteiger partial charge in [-0.2, -0.15) is 9.78 Å². The largest absolute Gasteiger partial charge is 0.484 e. The number of aromatic nitrogens is 2. The maximum Gasteiger partial charge on any atom is 0.307 e. The standard InChI is InChI=1S/C11H9N3O4/c15-11(8-18-10-4-2-1-3-5-10)13-7-9(6-12-13)14(16)17/h1-7H,8H2. The number of ether oxygens (including phenoxy) is 1. The second-order valence-electron chi connectivity index (χ2n) is 3.40. The molecule has 0 fully saturated rings. The molecule has 1 aromatic carbocycles. The maximum atomic E-state index is 11.6. The highest BCUT2D eigenvalue weighted by molar-refractivity contribution is 5.79. The number of para-hydroxylation sites is 1. The molecule has 0 saturated carbocycles. The molecule has 1 aromatic heterocycles. The van der Waals surface area contributed by atoms with Crippen molar-refractivity contribution in [2.45, 2.75) is 0 Å². The number of rotatable bonds is 4. The van der Waals surface area contributed by atoms with Gasteiger partial charge in [0.1, 0.15) is 18.1 Å². The number of carbonyl (C=O) groups is 1. The first-order valence-electron chi connectivity index (χ1n) is 5.07. The Morgan fingerprint density at radius 2 is 2.11 bits per heavy atom. The average molecular weight is 247 g/mol. The molecule has 7 heteroatoms. The Hall–Kier alpha value is -2.70. The molecule has 2 aromatic rings. The van der Waals surface area contributed by atoms with E-state index in [1.165, 1.54) is 0 Å². The van der Waals surface area contributed by atoms with Gasteiger partial charge in [-0.25, -0.2) is 0 Å². The van der Waals surface area contributed by atoms with E-state index >= 15 is 0 Å². The van der Waals surface area contributed by atoms with Crippen LogP contribution in [0.5, 0.6) is 5.75 Å². The summed E-state index contributed by atoms with van der Waals surface area (Å²) in [5, 5.41) is 14.0. The minimum atomic E-state index is -0.616. The normalized spacial score (nSPS) is 10.0. The van der Waals surface area contributed by atoms with Crippen LogP contribution >= 0.6 is 0 Å². The first kappa shape index (κ1) is 11.8. The summed E-state index contributed by atoms with van der Waals surface area (Å²) in [6, 6.07) is 8.79. The fraction of sp³-hybridized carbons (Fsp3) is 0.0909. The molecule has 18 heavy (non-hydrogen) atoms. The van der Waals surface area contributed by atoms with E-state index in [1.54, 1.807) is 24.3 Å². The van der Waals surface area contributed by atoms with Crippen LogP contribution in [0.4, 0.5) is 5.69 Å². The first-order valence-corrected chi connectivity index (χ1v) is 5.07. The van der Waals surface area contributed by atoms with Crippen LogP contribution in [0.1, 0.15) is 4.79 Å². The highest BCUT2D eigenvalue weighted by Gasteiger charge is 2.13. The van der Waals surface area contributed by atoms with Crippen LogP contribution in [-0.2, 0) is 0 Å². The van der Waals surface area contributed by atoms with Crippen molar-refractivity contribution in [2.24, 2.45) is 0 Å². The van der Waals surface area contributed by atoms with Crippen LogP contribution in [0.25, 0.3) is 0 Å². The smallest absolute Gasteiger partial charge is 0.307 e. The van der Waals surface area contributed by atoms with Crippen LogP contribution in [0, 0.1) is 10.1 Å². The first-order chi connectivity index (χ1) is 8.66. The lowest BCUT2D eigenvalue weighted by molar-refractivity contribution is -0.384. The zero-order valence-corrected chi connectivity index (χ0v) is 9.22. The van der Waals surface area contributed by atoms with Crippen molar-refractivity contribution in [3.63, 3.8) is 0 Å². The van der Waals surface area contributed by atoms with Crippen LogP contribution in [0.2, 0.25) is 0 Å². The predicted molar refractivity (Wildman–Crippen MR) is 61.4 cm³/mol. The summed E-state index contributed by atoms with van der Waals surface area (Å²) in [6.45, 7) is -0.233. The van der Waals surface area contributed by atoms with Crippen LogP contribution in [0.3, 0.4) is 0 Å². The molecule has 0 bridgehead atoms. The predicted octanol–water partition coefficient (Wildman–Crippen LogP) is 1.51. The van der Waals surface area contributed by atoms with E-state index in [4.69, 9.17) is 4.74 Å². The number of nitrogens with zero attached hydrogens (tertiary/aromatic N) is 3. The fourth-order valence-corrected chi connectivity index (χ4v) is 1.27. The Morgan fingerprint density at radius 1 is 1.39 bits per heavy atom. The maximum absolute atomic E-state index is 11.6. The van der Waals surface area contributed by atoms with Crippen molar-refractivity contribution in [1.29, 1.82) is 0 Å². The van der Waals surface area contributed by atoms with E-state index in [0.717, 1.165) is 17.1 Å². The number of hydrogen-bond acceptors (Lipinski definition) is 5. The molecule has 1 heterocycles. The summed E-state index contributed by atoms with van der Waals surface area (Å²) in [5.41, 5.74) is -0.233. The van der Waals surface area contributed by atoms with Crippen molar-refractivity contribution in [3.8, 4) is 5.75 Å². The van der Waals surface area contributed by atoms with Gasteiger partial charge in [0.2, 0.25) is 0 Å². The topological polar surface area (TPSA) is 87.3 Å². The molecular formula is C11H9N3O4. The van der Waals surface area contributed by atoms with Crippen LogP contribution < -0.4 is 4.74 Å². The monoisotopic (exact) mass is 247 g/mol. The summed E-state index contributed by atoms with van der Waals surface area (Å²) >= 11 is 0. The average Bonchev–Trinajstić information content (AvgIpc) is 2.87. The molecule has 0 spiro atoms. The lowest BCUT2D eigenvalue weighted by Gasteiger charge is -2.04. The Morgan fingerprint density at radius 3 is 2.72 bits per heavy atom. The summed E-state index contributed by atoms with van der Waals surface area (Å²) in [6.07, 6.45) is 2.07. The zero-order chi connectivity index (χ0) is 13.0. The quantitative estimate of drug-likeness (QED) is 0.603. The molecule has 7 nitrogen and oxygen atoms in total. The third-order valence-electron chi connectivity index (χ3n) is 2.14. The van der Waals surface area contributed by atoms with Gasteiger partial charge < -0.3 is 4.74 Å². The van der Waals surface area contributed by atoms with Gasteiger partial charge in [-0.15, -0.1) is 0 Å². The molecule has 0 radical (unpaired) electrons. The summed E-state index contributed by atoms with van der Waals surface area (Å²) in [4.78, 5) is 21.4. The van der Waals surface area contributed by atoms with Gasteiger partial charge in [0.25, 0.3) is 5.91 Å². The van der Waals surface area contributed by atoms with Crippen molar-refractivity contribution < 1.29 is 14.5 Å². The van der Waals surface area contributed by atoms with Gasteiger partial charge in [0.15, 0.2) is 6.61 Å². The van der Waals surface area contributed by atoms with Crippen molar-refractivity contribution in [2.75, 3.05) is 6.61 Å². The van der Waals surface area contributed by atoms with E-state index in [9.17, 15) is 14.9 Å². The van der Waals surface area contributed by atoms with Crippen LogP contribution in [-0.4, -0.2) is 27.2 Å². The van der Waals surface area contributed by atoms with Gasteiger partial charge in [0.05, 0.1) is 4.92 Å².